The average molecular weight is 369 g/mol. The first kappa shape index (κ1) is 18.6. The van der Waals surface area contributed by atoms with Gasteiger partial charge in [0.2, 0.25) is 5.78 Å². The van der Waals surface area contributed by atoms with Crippen molar-refractivity contribution in [3.05, 3.63) is 71.3 Å². The van der Waals surface area contributed by atoms with E-state index in [1.165, 1.54) is 41.4 Å². The molecule has 3 rings (SSSR count). The quantitative estimate of drug-likeness (QED) is 0.493. The molecular formula is C20H20FN3O3. The smallest absolute Gasteiger partial charge is 0.357 e. The Bertz CT molecular complexity index is 987. The highest BCUT2D eigenvalue weighted by molar-refractivity contribution is 6.00. The van der Waals surface area contributed by atoms with Gasteiger partial charge in [0, 0.05) is 29.2 Å². The van der Waals surface area contributed by atoms with Crippen molar-refractivity contribution in [1.29, 1.82) is 0 Å². The second-order valence-corrected chi connectivity index (χ2v) is 6.15. The van der Waals surface area contributed by atoms with E-state index in [1.807, 2.05) is 25.3 Å². The lowest BCUT2D eigenvalue weighted by molar-refractivity contribution is 0.0466. The predicted octanol–water partition coefficient (Wildman–Crippen LogP) is 3.49. The van der Waals surface area contributed by atoms with E-state index in [0.29, 0.717) is 11.3 Å². The lowest BCUT2D eigenvalue weighted by Gasteiger charge is -2.08. The summed E-state index contributed by atoms with van der Waals surface area (Å²) in [7, 11) is 0. The number of Topliss-reactive ketones (excluding diaryl/α,β-unsaturated/α-hetero) is 1. The van der Waals surface area contributed by atoms with Crippen LogP contribution >= 0.6 is 0 Å². The molecular weight excluding hydrogens is 349 g/mol. The van der Waals surface area contributed by atoms with Crippen LogP contribution in [0.1, 0.15) is 39.2 Å². The average Bonchev–Trinajstić information content (AvgIpc) is 3.24. The molecule has 0 saturated heterocycles. The van der Waals surface area contributed by atoms with Gasteiger partial charge in [-0.15, -0.1) is 0 Å². The Morgan fingerprint density at radius 1 is 1.19 bits per heavy atom. The molecule has 0 spiro atoms. The van der Waals surface area contributed by atoms with Gasteiger partial charge >= 0.3 is 5.97 Å². The van der Waals surface area contributed by atoms with E-state index in [9.17, 15) is 14.0 Å². The first-order valence-corrected chi connectivity index (χ1v) is 8.57. The molecule has 6 nitrogen and oxygen atoms in total. The summed E-state index contributed by atoms with van der Waals surface area (Å²) in [5.74, 6) is -1.31. The Kier molecular flexibility index (Phi) is 5.21. The zero-order valence-electron chi connectivity index (χ0n) is 15.4. The Morgan fingerprint density at radius 3 is 2.52 bits per heavy atom. The second-order valence-electron chi connectivity index (χ2n) is 6.15. The minimum atomic E-state index is -0.672. The summed E-state index contributed by atoms with van der Waals surface area (Å²) < 4.78 is 21.8. The lowest BCUT2D eigenvalue weighted by Crippen LogP contribution is -2.17. The van der Waals surface area contributed by atoms with Crippen molar-refractivity contribution in [1.82, 2.24) is 14.1 Å². The maximum atomic E-state index is 13.1. The first-order chi connectivity index (χ1) is 12.9. The Balaban J connectivity index is 1.73. The van der Waals surface area contributed by atoms with Crippen molar-refractivity contribution in [2.24, 2.45) is 0 Å². The number of rotatable bonds is 6. The molecule has 27 heavy (non-hydrogen) atoms. The van der Waals surface area contributed by atoms with Crippen LogP contribution in [0.3, 0.4) is 0 Å². The molecule has 7 heteroatoms. The molecule has 140 valence electrons. The number of esters is 1. The molecule has 0 fully saturated rings. The monoisotopic (exact) mass is 369 g/mol. The number of hydrogen-bond donors (Lipinski definition) is 0. The number of carbonyl (C=O) groups is 2. The van der Waals surface area contributed by atoms with Gasteiger partial charge in [0.05, 0.1) is 12.5 Å². The summed E-state index contributed by atoms with van der Waals surface area (Å²) in [6.45, 7) is 6.21. The summed E-state index contributed by atoms with van der Waals surface area (Å²) in [5, 5.41) is 0. The SMILES string of the molecule is CCn1c(C)cc(C(=O)COC(=O)c2cncn2-c2ccc(F)cc2)c1C. The maximum Gasteiger partial charge on any atom is 0.357 e. The van der Waals surface area contributed by atoms with Crippen molar-refractivity contribution < 1.29 is 18.7 Å². The number of benzene rings is 1. The van der Waals surface area contributed by atoms with Crippen LogP contribution in [0, 0.1) is 19.7 Å². The third kappa shape index (κ3) is 3.67. The number of aryl methyl sites for hydroxylation is 1. The number of halogens is 1. The van der Waals surface area contributed by atoms with Gasteiger partial charge in [-0.1, -0.05) is 0 Å². The van der Waals surface area contributed by atoms with Gasteiger partial charge in [-0.2, -0.15) is 0 Å². The molecule has 0 aliphatic carbocycles. The molecule has 0 radical (unpaired) electrons. The summed E-state index contributed by atoms with van der Waals surface area (Å²) in [4.78, 5) is 28.8. The molecule has 3 aromatic rings. The Hall–Kier alpha value is -3.22. The molecule has 0 amide bonds. The molecule has 2 aromatic heterocycles. The number of imidazole rings is 1. The van der Waals surface area contributed by atoms with Gasteiger partial charge in [0.25, 0.3) is 0 Å². The van der Waals surface area contributed by atoms with Crippen LogP contribution in [0.4, 0.5) is 4.39 Å². The van der Waals surface area contributed by atoms with Gasteiger partial charge in [0.1, 0.15) is 5.82 Å². The van der Waals surface area contributed by atoms with Crippen LogP contribution in [0.15, 0.2) is 42.9 Å². The number of carbonyl (C=O) groups excluding carboxylic acids is 2. The highest BCUT2D eigenvalue weighted by atomic mass is 19.1. The number of nitrogens with zero attached hydrogens (tertiary/aromatic N) is 3. The summed E-state index contributed by atoms with van der Waals surface area (Å²) >= 11 is 0. The molecule has 0 aliphatic rings. The largest absolute Gasteiger partial charge is 0.453 e. The normalized spacial score (nSPS) is 10.8. The van der Waals surface area contributed by atoms with Gasteiger partial charge in [-0.25, -0.2) is 14.2 Å². The second kappa shape index (κ2) is 7.57. The van der Waals surface area contributed by atoms with E-state index in [0.717, 1.165) is 17.9 Å². The minimum Gasteiger partial charge on any atom is -0.453 e. The van der Waals surface area contributed by atoms with E-state index in [1.54, 1.807) is 6.07 Å². The van der Waals surface area contributed by atoms with Crippen LogP contribution in [0.5, 0.6) is 0 Å². The van der Waals surface area contributed by atoms with Crippen molar-refractivity contribution >= 4 is 11.8 Å². The third-order valence-electron chi connectivity index (χ3n) is 4.48. The number of ether oxygens (including phenoxy) is 1. The molecule has 0 aliphatic heterocycles. The van der Waals surface area contributed by atoms with Crippen molar-refractivity contribution in [3.63, 3.8) is 0 Å². The summed E-state index contributed by atoms with van der Waals surface area (Å²) in [6, 6.07) is 7.43. The van der Waals surface area contributed by atoms with Gasteiger partial charge in [0.15, 0.2) is 12.3 Å². The molecule has 2 heterocycles. The van der Waals surface area contributed by atoms with E-state index in [2.05, 4.69) is 4.98 Å². The fraction of sp³-hybridized carbons (Fsp3) is 0.250. The zero-order valence-corrected chi connectivity index (χ0v) is 15.4. The fourth-order valence-corrected chi connectivity index (χ4v) is 3.11. The van der Waals surface area contributed by atoms with Gasteiger partial charge in [-0.3, -0.25) is 9.36 Å². The lowest BCUT2D eigenvalue weighted by atomic mass is 10.1. The molecule has 0 unspecified atom stereocenters. The van der Waals surface area contributed by atoms with E-state index in [4.69, 9.17) is 4.74 Å². The highest BCUT2D eigenvalue weighted by Gasteiger charge is 2.19. The standard InChI is InChI=1S/C20H20FN3O3/c1-4-23-13(2)9-17(14(23)3)19(25)11-27-20(26)18-10-22-12-24(18)16-7-5-15(21)6-8-16/h5-10,12H,4,11H2,1-3H3. The highest BCUT2D eigenvalue weighted by Crippen LogP contribution is 2.17. The number of ketones is 1. The van der Waals surface area contributed by atoms with Crippen LogP contribution in [0.25, 0.3) is 5.69 Å². The van der Waals surface area contributed by atoms with E-state index in [-0.39, 0.29) is 23.9 Å². The van der Waals surface area contributed by atoms with Crippen LogP contribution in [-0.2, 0) is 11.3 Å². The fourth-order valence-electron chi connectivity index (χ4n) is 3.11. The Morgan fingerprint density at radius 2 is 1.89 bits per heavy atom. The maximum absolute atomic E-state index is 13.1. The van der Waals surface area contributed by atoms with Crippen molar-refractivity contribution in [2.45, 2.75) is 27.3 Å². The van der Waals surface area contributed by atoms with Crippen LogP contribution < -0.4 is 0 Å². The molecule has 1 aromatic carbocycles. The minimum absolute atomic E-state index is 0.161. The van der Waals surface area contributed by atoms with Gasteiger partial charge < -0.3 is 9.30 Å². The number of hydrogen-bond acceptors (Lipinski definition) is 4. The van der Waals surface area contributed by atoms with Crippen LogP contribution in [-0.4, -0.2) is 32.5 Å². The predicted molar refractivity (Wildman–Crippen MR) is 97.7 cm³/mol. The van der Waals surface area contributed by atoms with Crippen molar-refractivity contribution in [3.8, 4) is 5.69 Å². The molecule has 0 N–H and O–H groups in total. The molecule has 0 saturated carbocycles. The first-order valence-electron chi connectivity index (χ1n) is 8.57. The summed E-state index contributed by atoms with van der Waals surface area (Å²) in [6.07, 6.45) is 2.78. The topological polar surface area (TPSA) is 66.1 Å². The number of aromatic nitrogens is 3. The van der Waals surface area contributed by atoms with E-state index < -0.39 is 5.97 Å². The van der Waals surface area contributed by atoms with Crippen LogP contribution in [0.2, 0.25) is 0 Å². The molecule has 0 atom stereocenters. The van der Waals surface area contributed by atoms with Crippen molar-refractivity contribution in [2.75, 3.05) is 6.61 Å². The van der Waals surface area contributed by atoms with Gasteiger partial charge in [-0.05, 0) is 51.1 Å². The Labute approximate surface area is 156 Å². The zero-order chi connectivity index (χ0) is 19.6. The molecule has 0 bridgehead atoms. The third-order valence-corrected chi connectivity index (χ3v) is 4.48. The van der Waals surface area contributed by atoms with E-state index >= 15 is 0 Å². The summed E-state index contributed by atoms with van der Waals surface area (Å²) in [5.41, 5.74) is 3.12.